The molecule has 0 radical (unpaired) electrons. The number of hydrogen-bond donors (Lipinski definition) is 2. The molecule has 2 N–H and O–H groups in total. The zero-order valence-corrected chi connectivity index (χ0v) is 15.7. The van der Waals surface area contributed by atoms with E-state index in [2.05, 4.69) is 25.6 Å². The second kappa shape index (κ2) is 8.42. The van der Waals surface area contributed by atoms with E-state index >= 15 is 0 Å². The molecule has 0 unspecified atom stereocenters. The lowest BCUT2D eigenvalue weighted by molar-refractivity contribution is 0.0977. The van der Waals surface area contributed by atoms with Gasteiger partial charge in [0, 0.05) is 17.0 Å². The fourth-order valence-electron chi connectivity index (χ4n) is 2.40. The Bertz CT molecular complexity index is 968. The Morgan fingerprint density at radius 2 is 1.59 bits per heavy atom. The predicted octanol–water partition coefficient (Wildman–Crippen LogP) is 4.28. The number of aromatic nitrogens is 2. The van der Waals surface area contributed by atoms with E-state index in [0.29, 0.717) is 16.3 Å². The minimum absolute atomic E-state index is 0.182. The lowest BCUT2D eigenvalue weighted by Gasteiger charge is -2.12. The Hall–Kier alpha value is -3.25. The molecule has 0 atom stereocenters. The average molecular weight is 380 g/mol. The first-order chi connectivity index (χ1) is 13.0. The molecule has 1 aromatic heterocycles. The molecule has 0 fully saturated rings. The summed E-state index contributed by atoms with van der Waals surface area (Å²) >= 11 is 6.21. The zero-order chi connectivity index (χ0) is 19.2. The molecular formula is C20H18ClN5O. The molecule has 7 heteroatoms. The van der Waals surface area contributed by atoms with Gasteiger partial charge in [-0.15, -0.1) is 0 Å². The van der Waals surface area contributed by atoms with E-state index in [-0.39, 0.29) is 17.8 Å². The van der Waals surface area contributed by atoms with Crippen molar-refractivity contribution in [2.75, 3.05) is 5.32 Å². The van der Waals surface area contributed by atoms with Gasteiger partial charge in [-0.3, -0.25) is 10.1 Å². The molecule has 0 aliphatic rings. The molecule has 0 aliphatic carbocycles. The normalized spacial score (nSPS) is 11.1. The first-order valence-electron chi connectivity index (χ1n) is 8.30. The van der Waals surface area contributed by atoms with Gasteiger partial charge in [0.2, 0.25) is 5.96 Å². The van der Waals surface area contributed by atoms with Gasteiger partial charge in [0.05, 0.1) is 10.7 Å². The van der Waals surface area contributed by atoms with Gasteiger partial charge in [-0.25, -0.2) is 9.97 Å². The highest BCUT2D eigenvalue weighted by Gasteiger charge is 2.11. The van der Waals surface area contributed by atoms with Gasteiger partial charge in [-0.05, 0) is 44.2 Å². The quantitative estimate of drug-likeness (QED) is 0.526. The molecule has 6 nitrogen and oxygen atoms in total. The van der Waals surface area contributed by atoms with Crippen LogP contribution in [0.4, 0.5) is 11.6 Å². The lowest BCUT2D eigenvalue weighted by Crippen LogP contribution is -2.36. The number of carbonyl (C=O) groups is 1. The van der Waals surface area contributed by atoms with Crippen molar-refractivity contribution in [1.29, 1.82) is 0 Å². The van der Waals surface area contributed by atoms with E-state index in [0.717, 1.165) is 11.4 Å². The predicted molar refractivity (Wildman–Crippen MR) is 108 cm³/mol. The maximum Gasteiger partial charge on any atom is 0.257 e. The number of rotatable bonds is 3. The van der Waals surface area contributed by atoms with Crippen molar-refractivity contribution in [2.45, 2.75) is 13.8 Å². The third-order valence-corrected chi connectivity index (χ3v) is 3.91. The number of hydrogen-bond acceptors (Lipinski definition) is 4. The van der Waals surface area contributed by atoms with Crippen LogP contribution in [0.3, 0.4) is 0 Å². The van der Waals surface area contributed by atoms with Crippen molar-refractivity contribution in [3.8, 4) is 0 Å². The van der Waals surface area contributed by atoms with Gasteiger partial charge in [-0.1, -0.05) is 41.9 Å². The van der Waals surface area contributed by atoms with Gasteiger partial charge in [0.1, 0.15) is 0 Å². The van der Waals surface area contributed by atoms with Gasteiger partial charge in [-0.2, -0.15) is 4.99 Å². The largest absolute Gasteiger partial charge is 0.324 e. The molecule has 0 spiro atoms. The first-order valence-corrected chi connectivity index (χ1v) is 8.68. The number of nitrogens with one attached hydrogen (secondary N) is 2. The van der Waals surface area contributed by atoms with Crippen LogP contribution in [-0.4, -0.2) is 21.8 Å². The van der Waals surface area contributed by atoms with Crippen molar-refractivity contribution in [2.24, 2.45) is 4.99 Å². The number of para-hydroxylation sites is 1. The van der Waals surface area contributed by atoms with E-state index in [4.69, 9.17) is 11.6 Å². The van der Waals surface area contributed by atoms with Gasteiger partial charge >= 0.3 is 0 Å². The van der Waals surface area contributed by atoms with E-state index in [1.807, 2.05) is 38.1 Å². The summed E-state index contributed by atoms with van der Waals surface area (Å²) in [6.07, 6.45) is 0. The monoisotopic (exact) mass is 379 g/mol. The average Bonchev–Trinajstić information content (AvgIpc) is 2.63. The lowest BCUT2D eigenvalue weighted by atomic mass is 10.2. The van der Waals surface area contributed by atoms with Gasteiger partial charge in [0.25, 0.3) is 11.9 Å². The van der Waals surface area contributed by atoms with Crippen LogP contribution in [0.25, 0.3) is 0 Å². The fourth-order valence-corrected chi connectivity index (χ4v) is 2.59. The van der Waals surface area contributed by atoms with Gasteiger partial charge < -0.3 is 5.32 Å². The van der Waals surface area contributed by atoms with E-state index in [1.54, 1.807) is 36.4 Å². The second-order valence-corrected chi connectivity index (χ2v) is 6.24. The summed E-state index contributed by atoms with van der Waals surface area (Å²) in [5, 5.41) is 6.30. The SMILES string of the molecule is Cc1cc(C)nc(N=C(NC(=O)c2ccccc2)Nc2ccccc2Cl)n1. The van der Waals surface area contributed by atoms with Crippen LogP contribution in [0.1, 0.15) is 21.7 Å². The third kappa shape index (κ3) is 5.12. The number of guanidine groups is 1. The molecule has 1 amide bonds. The summed E-state index contributed by atoms with van der Waals surface area (Å²) in [5.74, 6) is 0.121. The number of anilines is 1. The Balaban J connectivity index is 1.94. The highest BCUT2D eigenvalue weighted by atomic mass is 35.5. The topological polar surface area (TPSA) is 79.3 Å². The zero-order valence-electron chi connectivity index (χ0n) is 14.9. The smallest absolute Gasteiger partial charge is 0.257 e. The molecule has 3 aromatic rings. The molecule has 1 heterocycles. The van der Waals surface area contributed by atoms with Crippen molar-refractivity contribution < 1.29 is 4.79 Å². The molecule has 2 aromatic carbocycles. The number of benzene rings is 2. The number of halogens is 1. The number of aliphatic imine (C=N–C) groups is 1. The van der Waals surface area contributed by atoms with Crippen molar-refractivity contribution in [3.63, 3.8) is 0 Å². The first kappa shape index (κ1) is 18.5. The maximum atomic E-state index is 12.5. The van der Waals surface area contributed by atoms with Gasteiger partial charge in [0.15, 0.2) is 0 Å². The Kier molecular flexibility index (Phi) is 5.78. The molecule has 0 saturated heterocycles. The molecule has 0 aliphatic heterocycles. The van der Waals surface area contributed by atoms with Crippen LogP contribution in [0.5, 0.6) is 0 Å². The summed E-state index contributed by atoms with van der Waals surface area (Å²) in [4.78, 5) is 25.5. The summed E-state index contributed by atoms with van der Waals surface area (Å²) in [7, 11) is 0. The van der Waals surface area contributed by atoms with Crippen LogP contribution >= 0.6 is 11.6 Å². The summed E-state index contributed by atoms with van der Waals surface area (Å²) in [5.41, 5.74) is 2.68. The molecule has 27 heavy (non-hydrogen) atoms. The van der Waals surface area contributed by atoms with Crippen molar-refractivity contribution >= 4 is 35.1 Å². The number of carbonyl (C=O) groups excluding carboxylic acids is 1. The summed E-state index contributed by atoms with van der Waals surface area (Å²) in [6, 6.07) is 17.9. The third-order valence-electron chi connectivity index (χ3n) is 3.58. The van der Waals surface area contributed by atoms with E-state index in [9.17, 15) is 4.79 Å². The van der Waals surface area contributed by atoms with Crippen LogP contribution in [-0.2, 0) is 0 Å². The highest BCUT2D eigenvalue weighted by Crippen LogP contribution is 2.20. The summed E-state index contributed by atoms with van der Waals surface area (Å²) in [6.45, 7) is 3.72. The molecule has 0 bridgehead atoms. The van der Waals surface area contributed by atoms with E-state index in [1.165, 1.54) is 0 Å². The maximum absolute atomic E-state index is 12.5. The van der Waals surface area contributed by atoms with Crippen LogP contribution in [0.2, 0.25) is 5.02 Å². The molecule has 0 saturated carbocycles. The Morgan fingerprint density at radius 3 is 2.26 bits per heavy atom. The van der Waals surface area contributed by atoms with Crippen LogP contribution in [0.15, 0.2) is 65.7 Å². The van der Waals surface area contributed by atoms with Crippen molar-refractivity contribution in [3.05, 3.63) is 82.6 Å². The number of aryl methyl sites for hydroxylation is 2. The highest BCUT2D eigenvalue weighted by molar-refractivity contribution is 6.33. The van der Waals surface area contributed by atoms with Crippen molar-refractivity contribution in [1.82, 2.24) is 15.3 Å². The second-order valence-electron chi connectivity index (χ2n) is 5.84. The number of nitrogens with zero attached hydrogens (tertiary/aromatic N) is 3. The number of amides is 1. The standard InChI is InChI=1S/C20H18ClN5O/c1-13-12-14(2)23-19(22-13)26-20(24-17-11-7-6-10-16(17)21)25-18(27)15-8-4-3-5-9-15/h3-12H,1-2H3,(H2,22,23,24,25,26,27). The van der Waals surface area contributed by atoms with Crippen LogP contribution < -0.4 is 10.6 Å². The Labute approximate surface area is 162 Å². The Morgan fingerprint density at radius 1 is 0.963 bits per heavy atom. The minimum atomic E-state index is -0.307. The van der Waals surface area contributed by atoms with Crippen LogP contribution in [0, 0.1) is 13.8 Å². The molecule has 3 rings (SSSR count). The summed E-state index contributed by atoms with van der Waals surface area (Å²) < 4.78 is 0. The molecular weight excluding hydrogens is 362 g/mol. The molecule has 136 valence electrons. The van der Waals surface area contributed by atoms with E-state index < -0.39 is 0 Å². The fraction of sp³-hybridized carbons (Fsp3) is 0.100. The minimum Gasteiger partial charge on any atom is -0.324 e.